The molecule has 0 radical (unpaired) electrons. The third-order valence-electron chi connectivity index (χ3n) is 1.86. The highest BCUT2D eigenvalue weighted by Crippen LogP contribution is 2.19. The summed E-state index contributed by atoms with van der Waals surface area (Å²) in [6, 6.07) is -0.605. The smallest absolute Gasteiger partial charge is 0.416 e. The van der Waals surface area contributed by atoms with Gasteiger partial charge >= 0.3 is 6.09 Å². The molecule has 1 rings (SSSR count). The van der Waals surface area contributed by atoms with E-state index < -0.39 is 17.7 Å². The van der Waals surface area contributed by atoms with Crippen LogP contribution in [0.4, 0.5) is 10.6 Å². The topological polar surface area (TPSA) is 59.5 Å². The third kappa shape index (κ3) is 3.81. The molecule has 0 spiro atoms. The van der Waals surface area contributed by atoms with Crippen LogP contribution in [-0.4, -0.2) is 29.0 Å². The van der Waals surface area contributed by atoms with Gasteiger partial charge in [0.25, 0.3) is 0 Å². The number of carbonyl (C=O) groups excluding carboxylic acids is 2. The van der Waals surface area contributed by atoms with Crippen molar-refractivity contribution in [3.05, 3.63) is 10.9 Å². The van der Waals surface area contributed by atoms with E-state index in [2.05, 4.69) is 4.98 Å². The van der Waals surface area contributed by atoms with Gasteiger partial charge < -0.3 is 9.53 Å². The molecule has 0 N–H and O–H groups in total. The number of amides is 1. The number of aldehydes is 1. The Morgan fingerprint density at radius 2 is 2.24 bits per heavy atom. The molecule has 17 heavy (non-hydrogen) atoms. The van der Waals surface area contributed by atoms with Crippen LogP contribution in [0, 0.1) is 0 Å². The molecule has 0 aromatic carbocycles. The van der Waals surface area contributed by atoms with Gasteiger partial charge in [0.15, 0.2) is 0 Å². The van der Waals surface area contributed by atoms with Crippen LogP contribution in [0.15, 0.2) is 10.9 Å². The maximum absolute atomic E-state index is 12.0. The lowest BCUT2D eigenvalue weighted by molar-refractivity contribution is -0.108. The minimum Gasteiger partial charge on any atom is -0.443 e. The summed E-state index contributed by atoms with van der Waals surface area (Å²) in [5.41, 5.74) is 0.998. The van der Waals surface area contributed by atoms with E-state index in [1.165, 1.54) is 16.2 Å². The van der Waals surface area contributed by atoms with Gasteiger partial charge in [-0.3, -0.25) is 4.90 Å². The van der Waals surface area contributed by atoms with Gasteiger partial charge in [0.2, 0.25) is 0 Å². The van der Waals surface area contributed by atoms with Crippen molar-refractivity contribution in [2.45, 2.75) is 39.3 Å². The predicted molar refractivity (Wildman–Crippen MR) is 66.4 cm³/mol. The molecule has 5 nitrogen and oxygen atoms in total. The largest absolute Gasteiger partial charge is 0.443 e. The second kappa shape index (κ2) is 5.27. The van der Waals surface area contributed by atoms with E-state index in [-0.39, 0.29) is 0 Å². The zero-order valence-electron chi connectivity index (χ0n) is 10.3. The van der Waals surface area contributed by atoms with E-state index in [0.29, 0.717) is 12.1 Å². The van der Waals surface area contributed by atoms with Gasteiger partial charge in [-0.05, 0) is 27.7 Å². The highest BCUT2D eigenvalue weighted by Gasteiger charge is 2.28. The number of anilines is 1. The average molecular weight is 256 g/mol. The van der Waals surface area contributed by atoms with Crippen molar-refractivity contribution in [1.82, 2.24) is 4.98 Å². The maximum Gasteiger partial charge on any atom is 0.416 e. The molecule has 6 heteroatoms. The Kier molecular flexibility index (Phi) is 4.22. The van der Waals surface area contributed by atoms with Crippen molar-refractivity contribution in [2.75, 3.05) is 4.90 Å². The molecule has 0 aliphatic heterocycles. The molecule has 0 saturated heterocycles. The standard InChI is InChI=1S/C11H16N2O3S/c1-8(5-14)13(9-6-17-7-12-9)10(15)16-11(2,3)4/h5-8H,1-4H3/t8-/m0/s1. The second-order valence-corrected chi connectivity index (χ2v) is 5.29. The number of thiazole rings is 1. The quantitative estimate of drug-likeness (QED) is 0.779. The Hall–Kier alpha value is -1.43. The molecule has 1 aromatic heterocycles. The normalized spacial score (nSPS) is 12.9. The van der Waals surface area contributed by atoms with E-state index in [4.69, 9.17) is 4.74 Å². The maximum atomic E-state index is 12.0. The number of hydrogen-bond donors (Lipinski definition) is 0. The Labute approximate surface area is 104 Å². The summed E-state index contributed by atoms with van der Waals surface area (Å²) in [5.74, 6) is 0.434. The number of aromatic nitrogens is 1. The molecule has 94 valence electrons. The monoisotopic (exact) mass is 256 g/mol. The lowest BCUT2D eigenvalue weighted by Gasteiger charge is -2.27. The van der Waals surface area contributed by atoms with E-state index in [1.807, 2.05) is 0 Å². The Morgan fingerprint density at radius 3 is 2.65 bits per heavy atom. The average Bonchev–Trinajstić information content (AvgIpc) is 2.68. The fraction of sp³-hybridized carbons (Fsp3) is 0.545. The fourth-order valence-electron chi connectivity index (χ4n) is 1.17. The van der Waals surface area contributed by atoms with Gasteiger partial charge in [0.05, 0.1) is 11.6 Å². The van der Waals surface area contributed by atoms with Gasteiger partial charge in [-0.25, -0.2) is 9.78 Å². The summed E-state index contributed by atoms with van der Waals surface area (Å²) in [6.45, 7) is 6.94. The summed E-state index contributed by atoms with van der Waals surface area (Å²) >= 11 is 1.35. The Bertz CT molecular complexity index is 384. The summed E-state index contributed by atoms with van der Waals surface area (Å²) in [5, 5.41) is 1.70. The molecule has 0 fully saturated rings. The number of carbonyl (C=O) groups is 2. The number of hydrogen-bond acceptors (Lipinski definition) is 5. The highest BCUT2D eigenvalue weighted by atomic mass is 32.1. The van der Waals surface area contributed by atoms with E-state index in [9.17, 15) is 9.59 Å². The van der Waals surface area contributed by atoms with Crippen molar-refractivity contribution in [3.63, 3.8) is 0 Å². The molecular weight excluding hydrogens is 240 g/mol. The Morgan fingerprint density at radius 1 is 1.59 bits per heavy atom. The van der Waals surface area contributed by atoms with Crippen molar-refractivity contribution < 1.29 is 14.3 Å². The molecule has 0 aliphatic rings. The zero-order chi connectivity index (χ0) is 13.1. The Balaban J connectivity index is 2.92. The van der Waals surface area contributed by atoms with Crippen LogP contribution in [0.1, 0.15) is 27.7 Å². The number of nitrogens with zero attached hydrogens (tertiary/aromatic N) is 2. The third-order valence-corrected chi connectivity index (χ3v) is 2.43. The van der Waals surface area contributed by atoms with E-state index >= 15 is 0 Å². The highest BCUT2D eigenvalue weighted by molar-refractivity contribution is 7.07. The second-order valence-electron chi connectivity index (χ2n) is 4.57. The van der Waals surface area contributed by atoms with Gasteiger partial charge in [0, 0.05) is 5.38 Å². The summed E-state index contributed by atoms with van der Waals surface area (Å²) in [4.78, 5) is 28.1. The molecule has 1 aromatic rings. The van der Waals surface area contributed by atoms with Crippen LogP contribution >= 0.6 is 11.3 Å². The predicted octanol–water partition coefficient (Wildman–Crippen LogP) is 2.47. The van der Waals surface area contributed by atoms with Crippen molar-refractivity contribution >= 4 is 29.5 Å². The first-order valence-corrected chi connectivity index (χ1v) is 6.15. The van der Waals surface area contributed by atoms with Crippen molar-refractivity contribution in [1.29, 1.82) is 0 Å². The van der Waals surface area contributed by atoms with Crippen LogP contribution in [0.3, 0.4) is 0 Å². The zero-order valence-corrected chi connectivity index (χ0v) is 11.2. The van der Waals surface area contributed by atoms with Crippen molar-refractivity contribution in [2.24, 2.45) is 0 Å². The summed E-state index contributed by atoms with van der Waals surface area (Å²) in [7, 11) is 0. The molecule has 0 bridgehead atoms. The van der Waals surface area contributed by atoms with Crippen LogP contribution < -0.4 is 4.90 Å². The summed E-state index contributed by atoms with van der Waals surface area (Å²) in [6.07, 6.45) is 0.117. The van der Waals surface area contributed by atoms with Gasteiger partial charge in [0.1, 0.15) is 17.7 Å². The molecular formula is C11H16N2O3S. The van der Waals surface area contributed by atoms with Crippen LogP contribution in [0.2, 0.25) is 0 Å². The molecule has 0 saturated carbocycles. The molecule has 0 unspecified atom stereocenters. The van der Waals surface area contributed by atoms with Gasteiger partial charge in [-0.1, -0.05) is 0 Å². The first-order valence-electron chi connectivity index (χ1n) is 5.21. The first-order chi connectivity index (χ1) is 7.85. The molecule has 1 atom stereocenters. The minimum absolute atomic E-state index is 0.434. The van der Waals surface area contributed by atoms with E-state index in [0.717, 1.165) is 0 Å². The number of rotatable bonds is 3. The molecule has 1 amide bonds. The summed E-state index contributed by atoms with van der Waals surface area (Å²) < 4.78 is 5.24. The first kappa shape index (κ1) is 13.6. The molecule has 0 aliphatic carbocycles. The lowest BCUT2D eigenvalue weighted by Crippen LogP contribution is -2.43. The van der Waals surface area contributed by atoms with Crippen LogP contribution in [-0.2, 0) is 9.53 Å². The van der Waals surface area contributed by atoms with E-state index in [1.54, 1.807) is 38.6 Å². The van der Waals surface area contributed by atoms with Gasteiger partial charge in [-0.15, -0.1) is 11.3 Å². The minimum atomic E-state index is -0.605. The molecule has 1 heterocycles. The lowest BCUT2D eigenvalue weighted by atomic mass is 10.2. The van der Waals surface area contributed by atoms with Crippen molar-refractivity contribution in [3.8, 4) is 0 Å². The van der Waals surface area contributed by atoms with Crippen LogP contribution in [0.5, 0.6) is 0 Å². The van der Waals surface area contributed by atoms with Crippen LogP contribution in [0.25, 0.3) is 0 Å². The fourth-order valence-corrected chi connectivity index (χ4v) is 1.69. The van der Waals surface area contributed by atoms with Gasteiger partial charge in [-0.2, -0.15) is 0 Å². The SMILES string of the molecule is C[C@@H](C=O)N(C(=O)OC(C)(C)C)c1cscn1. The number of ether oxygens (including phenoxy) is 1.